The molecule has 0 spiro atoms. The highest BCUT2D eigenvalue weighted by atomic mass is 16.6. The molecule has 166 valence electrons. The second kappa shape index (κ2) is 9.16. The maximum Gasteiger partial charge on any atom is 0.351 e. The monoisotopic (exact) mass is 430 g/mol. The maximum absolute atomic E-state index is 12.9. The minimum absolute atomic E-state index is 0.0244. The Bertz CT molecular complexity index is 970. The molecular formula is C23H26O8. The summed E-state index contributed by atoms with van der Waals surface area (Å²) in [4.78, 5) is 24.8. The predicted octanol–water partition coefficient (Wildman–Crippen LogP) is 2.68. The second-order valence-corrected chi connectivity index (χ2v) is 7.35. The number of phenols is 1. The third kappa shape index (κ3) is 4.52. The van der Waals surface area contributed by atoms with Crippen LogP contribution in [0.3, 0.4) is 0 Å². The van der Waals surface area contributed by atoms with Gasteiger partial charge in [-0.3, -0.25) is 4.79 Å². The van der Waals surface area contributed by atoms with Crippen LogP contribution in [0.4, 0.5) is 0 Å². The molecule has 0 aromatic heterocycles. The van der Waals surface area contributed by atoms with Crippen LogP contribution in [-0.2, 0) is 31.9 Å². The van der Waals surface area contributed by atoms with Gasteiger partial charge < -0.3 is 28.8 Å². The van der Waals surface area contributed by atoms with E-state index in [4.69, 9.17) is 23.7 Å². The first-order valence-corrected chi connectivity index (χ1v) is 9.76. The van der Waals surface area contributed by atoms with Crippen LogP contribution in [0.2, 0.25) is 0 Å². The molecule has 0 unspecified atom stereocenters. The Balaban J connectivity index is 1.96. The number of carbonyl (C=O) groups excluding carboxylic acids is 2. The lowest BCUT2D eigenvalue weighted by Crippen LogP contribution is -2.48. The van der Waals surface area contributed by atoms with Gasteiger partial charge in [0.05, 0.1) is 27.9 Å². The third-order valence-corrected chi connectivity index (χ3v) is 5.39. The summed E-state index contributed by atoms with van der Waals surface area (Å²) < 4.78 is 26.8. The van der Waals surface area contributed by atoms with Crippen molar-refractivity contribution < 1.29 is 38.4 Å². The number of methoxy groups -OCH3 is 3. The standard InChI is InChI=1S/C23H26O8/c1-14(24)31-23(12-16-5-7-18(25)20(11-16)28-3)17(13-30-22(23)26)9-15-6-8-19(27-2)21(10-15)29-4/h5-8,10-11,17,25H,9,12-13H2,1-4H3/t17-,23-/m0/s1. The van der Waals surface area contributed by atoms with Crippen LogP contribution in [0.25, 0.3) is 0 Å². The summed E-state index contributed by atoms with van der Waals surface area (Å²) in [5.74, 6) is -0.218. The average molecular weight is 430 g/mol. The number of benzene rings is 2. The number of phenolic OH excluding ortho intramolecular Hbond substituents is 1. The number of esters is 2. The molecule has 31 heavy (non-hydrogen) atoms. The summed E-state index contributed by atoms with van der Waals surface area (Å²) in [6.07, 6.45) is 0.495. The summed E-state index contributed by atoms with van der Waals surface area (Å²) in [6, 6.07) is 10.2. The minimum atomic E-state index is -1.50. The highest BCUT2D eigenvalue weighted by molar-refractivity contribution is 5.85. The highest BCUT2D eigenvalue weighted by Gasteiger charge is 2.55. The fraction of sp³-hybridized carbons (Fsp3) is 0.391. The Kier molecular flexibility index (Phi) is 6.58. The van der Waals surface area contributed by atoms with Gasteiger partial charge in [0.25, 0.3) is 0 Å². The molecule has 1 aliphatic heterocycles. The fourth-order valence-electron chi connectivity index (χ4n) is 3.88. The molecule has 8 heteroatoms. The lowest BCUT2D eigenvalue weighted by atomic mass is 9.80. The van der Waals surface area contributed by atoms with Crippen LogP contribution in [0.5, 0.6) is 23.0 Å². The highest BCUT2D eigenvalue weighted by Crippen LogP contribution is 2.39. The van der Waals surface area contributed by atoms with Crippen molar-refractivity contribution in [3.8, 4) is 23.0 Å². The average Bonchev–Trinajstić information content (AvgIpc) is 3.03. The number of hydrogen-bond acceptors (Lipinski definition) is 8. The van der Waals surface area contributed by atoms with Gasteiger partial charge in [-0.15, -0.1) is 0 Å². The first kappa shape index (κ1) is 22.3. The number of hydrogen-bond donors (Lipinski definition) is 1. The first-order chi connectivity index (χ1) is 14.8. The molecule has 0 saturated carbocycles. The van der Waals surface area contributed by atoms with Gasteiger partial charge in [-0.25, -0.2) is 4.79 Å². The van der Waals surface area contributed by atoms with E-state index in [0.29, 0.717) is 23.5 Å². The molecule has 1 saturated heterocycles. The summed E-state index contributed by atoms with van der Waals surface area (Å²) >= 11 is 0. The van der Waals surface area contributed by atoms with Crippen LogP contribution >= 0.6 is 0 Å². The molecule has 1 fully saturated rings. The Morgan fingerprint density at radius 1 is 1.03 bits per heavy atom. The van der Waals surface area contributed by atoms with E-state index in [1.165, 1.54) is 20.1 Å². The molecule has 1 N–H and O–H groups in total. The smallest absolute Gasteiger partial charge is 0.351 e. The summed E-state index contributed by atoms with van der Waals surface area (Å²) in [5.41, 5.74) is 0.0360. The summed E-state index contributed by atoms with van der Waals surface area (Å²) in [7, 11) is 4.54. The molecule has 0 aliphatic carbocycles. The fourth-order valence-corrected chi connectivity index (χ4v) is 3.88. The molecule has 0 bridgehead atoms. The van der Waals surface area contributed by atoms with E-state index in [1.807, 2.05) is 12.1 Å². The van der Waals surface area contributed by atoms with Crippen LogP contribution < -0.4 is 14.2 Å². The third-order valence-electron chi connectivity index (χ3n) is 5.39. The van der Waals surface area contributed by atoms with Gasteiger partial charge >= 0.3 is 11.9 Å². The molecule has 2 aromatic carbocycles. The zero-order valence-electron chi connectivity index (χ0n) is 18.0. The van der Waals surface area contributed by atoms with Crippen molar-refractivity contribution in [3.05, 3.63) is 47.5 Å². The molecule has 1 aliphatic rings. The van der Waals surface area contributed by atoms with Gasteiger partial charge in [-0.2, -0.15) is 0 Å². The van der Waals surface area contributed by atoms with Gasteiger partial charge in [-0.1, -0.05) is 12.1 Å². The molecular weight excluding hydrogens is 404 g/mol. The lowest BCUT2D eigenvalue weighted by Gasteiger charge is -2.31. The van der Waals surface area contributed by atoms with Crippen molar-refractivity contribution in [1.82, 2.24) is 0 Å². The minimum Gasteiger partial charge on any atom is -0.504 e. The van der Waals surface area contributed by atoms with Gasteiger partial charge in [0.1, 0.15) is 0 Å². The predicted molar refractivity (Wildman–Crippen MR) is 111 cm³/mol. The normalized spacial score (nSPS) is 20.1. The van der Waals surface area contributed by atoms with Gasteiger partial charge in [0.2, 0.25) is 5.60 Å². The van der Waals surface area contributed by atoms with E-state index in [9.17, 15) is 14.7 Å². The van der Waals surface area contributed by atoms with E-state index in [1.54, 1.807) is 32.4 Å². The number of cyclic esters (lactones) is 1. The quantitative estimate of drug-likeness (QED) is 0.638. The summed E-state index contributed by atoms with van der Waals surface area (Å²) in [5, 5.41) is 9.87. The zero-order chi connectivity index (χ0) is 22.6. The van der Waals surface area contributed by atoms with Crippen LogP contribution in [0, 0.1) is 5.92 Å². The first-order valence-electron chi connectivity index (χ1n) is 9.76. The van der Waals surface area contributed by atoms with E-state index >= 15 is 0 Å². The Labute approximate surface area is 180 Å². The molecule has 0 radical (unpaired) electrons. The van der Waals surface area contributed by atoms with Crippen molar-refractivity contribution in [2.75, 3.05) is 27.9 Å². The van der Waals surface area contributed by atoms with Gasteiger partial charge in [0.15, 0.2) is 23.0 Å². The van der Waals surface area contributed by atoms with E-state index in [-0.39, 0.29) is 24.5 Å². The second-order valence-electron chi connectivity index (χ2n) is 7.35. The van der Waals surface area contributed by atoms with Gasteiger partial charge in [-0.05, 0) is 41.8 Å². The van der Waals surface area contributed by atoms with E-state index < -0.39 is 23.5 Å². The summed E-state index contributed by atoms with van der Waals surface area (Å²) in [6.45, 7) is 1.37. The van der Waals surface area contributed by atoms with Crippen molar-refractivity contribution in [2.45, 2.75) is 25.4 Å². The topological polar surface area (TPSA) is 101 Å². The Hall–Kier alpha value is -3.42. The number of carbonyl (C=O) groups is 2. The molecule has 2 atom stereocenters. The SMILES string of the molecule is COc1cc(C[C@@]2(OC(C)=O)C(=O)OC[C@@H]2Cc2ccc(OC)c(OC)c2)ccc1O. The zero-order valence-corrected chi connectivity index (χ0v) is 18.0. The number of ether oxygens (including phenoxy) is 5. The van der Waals surface area contributed by atoms with E-state index in [0.717, 1.165) is 5.56 Å². The van der Waals surface area contributed by atoms with Crippen molar-refractivity contribution >= 4 is 11.9 Å². The van der Waals surface area contributed by atoms with Crippen molar-refractivity contribution in [1.29, 1.82) is 0 Å². The molecule has 0 amide bonds. The number of aromatic hydroxyl groups is 1. The Morgan fingerprint density at radius 2 is 1.68 bits per heavy atom. The van der Waals surface area contributed by atoms with Crippen LogP contribution in [0.1, 0.15) is 18.1 Å². The Morgan fingerprint density at radius 3 is 2.32 bits per heavy atom. The largest absolute Gasteiger partial charge is 0.504 e. The number of rotatable bonds is 8. The lowest BCUT2D eigenvalue weighted by molar-refractivity contribution is -0.174. The molecule has 3 rings (SSSR count). The maximum atomic E-state index is 12.9. The molecule has 2 aromatic rings. The molecule has 8 nitrogen and oxygen atoms in total. The van der Waals surface area contributed by atoms with Gasteiger partial charge in [0, 0.05) is 19.3 Å². The molecule has 1 heterocycles. The van der Waals surface area contributed by atoms with E-state index in [2.05, 4.69) is 0 Å². The van der Waals surface area contributed by atoms with Crippen LogP contribution in [-0.4, -0.2) is 50.6 Å². The van der Waals surface area contributed by atoms with Crippen molar-refractivity contribution in [3.63, 3.8) is 0 Å². The van der Waals surface area contributed by atoms with Crippen LogP contribution in [0.15, 0.2) is 36.4 Å². The van der Waals surface area contributed by atoms with Crippen molar-refractivity contribution in [2.24, 2.45) is 5.92 Å².